The van der Waals surface area contributed by atoms with Crippen LogP contribution in [0.15, 0.2) is 4.52 Å². The summed E-state index contributed by atoms with van der Waals surface area (Å²) in [6, 6.07) is -0.0202. The summed E-state index contributed by atoms with van der Waals surface area (Å²) in [6.07, 6.45) is 3.99. The number of carbonyl (C=O) groups is 1. The van der Waals surface area contributed by atoms with Crippen molar-refractivity contribution < 1.29 is 9.32 Å². The van der Waals surface area contributed by atoms with Crippen LogP contribution < -0.4 is 11.1 Å². The van der Waals surface area contributed by atoms with Gasteiger partial charge in [0.15, 0.2) is 5.82 Å². The standard InChI is InChI=1S/C11H18N4O2/c1-7-14-10(17-15-7)6-13-11(16)8-4-2-3-5-9(8)12/h8-9H,2-6,12H2,1H3,(H,13,16). The molecule has 1 amide bonds. The summed E-state index contributed by atoms with van der Waals surface area (Å²) < 4.78 is 4.92. The Morgan fingerprint density at radius 2 is 2.29 bits per heavy atom. The number of nitrogens with two attached hydrogens (primary N) is 1. The lowest BCUT2D eigenvalue weighted by molar-refractivity contribution is -0.126. The summed E-state index contributed by atoms with van der Waals surface area (Å²) in [5.41, 5.74) is 5.94. The monoisotopic (exact) mass is 238 g/mol. The summed E-state index contributed by atoms with van der Waals surface area (Å²) in [6.45, 7) is 2.02. The fraction of sp³-hybridized carbons (Fsp3) is 0.727. The van der Waals surface area contributed by atoms with Gasteiger partial charge in [-0.1, -0.05) is 18.0 Å². The number of nitrogens with one attached hydrogen (secondary N) is 1. The summed E-state index contributed by atoms with van der Waals surface area (Å²) in [5, 5.41) is 6.46. The molecule has 3 N–H and O–H groups in total. The van der Waals surface area contributed by atoms with Gasteiger partial charge < -0.3 is 15.6 Å². The van der Waals surface area contributed by atoms with Gasteiger partial charge in [0.25, 0.3) is 0 Å². The second-order valence-electron chi connectivity index (χ2n) is 4.51. The Labute approximate surface area is 99.9 Å². The Balaban J connectivity index is 1.84. The van der Waals surface area contributed by atoms with Crippen LogP contribution in [0.3, 0.4) is 0 Å². The minimum atomic E-state index is -0.0761. The number of hydrogen-bond acceptors (Lipinski definition) is 5. The van der Waals surface area contributed by atoms with Crippen molar-refractivity contribution >= 4 is 5.91 Å². The van der Waals surface area contributed by atoms with Gasteiger partial charge in [-0.15, -0.1) is 0 Å². The number of amides is 1. The molecule has 94 valence electrons. The van der Waals surface area contributed by atoms with E-state index in [0.29, 0.717) is 11.7 Å². The molecule has 0 radical (unpaired) electrons. The van der Waals surface area contributed by atoms with E-state index in [-0.39, 0.29) is 24.4 Å². The number of aromatic nitrogens is 2. The average Bonchev–Trinajstić information content (AvgIpc) is 2.73. The Morgan fingerprint density at radius 1 is 1.53 bits per heavy atom. The molecule has 2 atom stereocenters. The van der Waals surface area contributed by atoms with E-state index in [1.165, 1.54) is 0 Å². The highest BCUT2D eigenvalue weighted by atomic mass is 16.5. The van der Waals surface area contributed by atoms with Crippen molar-refractivity contribution in [3.63, 3.8) is 0 Å². The Morgan fingerprint density at radius 3 is 2.94 bits per heavy atom. The average molecular weight is 238 g/mol. The first-order chi connectivity index (χ1) is 8.16. The lowest BCUT2D eigenvalue weighted by atomic mass is 9.84. The third-order valence-electron chi connectivity index (χ3n) is 3.14. The van der Waals surface area contributed by atoms with Crippen molar-refractivity contribution in [3.05, 3.63) is 11.7 Å². The molecule has 6 heteroatoms. The van der Waals surface area contributed by atoms with Crippen molar-refractivity contribution in [3.8, 4) is 0 Å². The molecule has 0 saturated heterocycles. The molecule has 1 fully saturated rings. The van der Waals surface area contributed by atoms with E-state index in [2.05, 4.69) is 15.5 Å². The van der Waals surface area contributed by atoms with Crippen LogP contribution in [0.1, 0.15) is 37.4 Å². The fourth-order valence-electron chi connectivity index (χ4n) is 2.19. The molecular weight excluding hydrogens is 220 g/mol. The van der Waals surface area contributed by atoms with Crippen LogP contribution in [0.25, 0.3) is 0 Å². The van der Waals surface area contributed by atoms with E-state index in [1.807, 2.05) is 0 Å². The van der Waals surface area contributed by atoms with Gasteiger partial charge in [0.1, 0.15) is 0 Å². The molecule has 0 spiro atoms. The maximum absolute atomic E-state index is 11.9. The molecule has 0 bridgehead atoms. The van der Waals surface area contributed by atoms with Gasteiger partial charge in [-0.05, 0) is 19.8 Å². The molecule has 1 heterocycles. The lowest BCUT2D eigenvalue weighted by Gasteiger charge is -2.27. The molecule has 1 saturated carbocycles. The summed E-state index contributed by atoms with van der Waals surface area (Å²) in [5.74, 6) is 0.921. The number of hydrogen-bond donors (Lipinski definition) is 2. The largest absolute Gasteiger partial charge is 0.347 e. The quantitative estimate of drug-likeness (QED) is 0.800. The van der Waals surface area contributed by atoms with Crippen LogP contribution in [0.5, 0.6) is 0 Å². The van der Waals surface area contributed by atoms with Crippen molar-refractivity contribution in [1.82, 2.24) is 15.5 Å². The Hall–Kier alpha value is -1.43. The summed E-state index contributed by atoms with van der Waals surface area (Å²) in [4.78, 5) is 15.9. The zero-order valence-electron chi connectivity index (χ0n) is 9.98. The van der Waals surface area contributed by atoms with Crippen molar-refractivity contribution in [2.45, 2.75) is 45.2 Å². The van der Waals surface area contributed by atoms with Gasteiger partial charge in [-0.3, -0.25) is 4.79 Å². The highest BCUT2D eigenvalue weighted by molar-refractivity contribution is 5.79. The first-order valence-electron chi connectivity index (χ1n) is 5.99. The smallest absolute Gasteiger partial charge is 0.246 e. The molecule has 2 rings (SSSR count). The van der Waals surface area contributed by atoms with Crippen molar-refractivity contribution in [2.24, 2.45) is 11.7 Å². The third-order valence-corrected chi connectivity index (χ3v) is 3.14. The number of carbonyl (C=O) groups excluding carboxylic acids is 1. The highest BCUT2D eigenvalue weighted by Crippen LogP contribution is 2.22. The maximum atomic E-state index is 11.9. The Bertz CT molecular complexity index is 391. The van der Waals surface area contributed by atoms with Crippen LogP contribution in [0.2, 0.25) is 0 Å². The fourth-order valence-corrected chi connectivity index (χ4v) is 2.19. The van der Waals surface area contributed by atoms with Gasteiger partial charge in [0.05, 0.1) is 12.5 Å². The Kier molecular flexibility index (Phi) is 3.73. The topological polar surface area (TPSA) is 94.0 Å². The van der Waals surface area contributed by atoms with Crippen LogP contribution in [0.4, 0.5) is 0 Å². The van der Waals surface area contributed by atoms with Gasteiger partial charge >= 0.3 is 0 Å². The number of nitrogens with zero attached hydrogens (tertiary/aromatic N) is 2. The second kappa shape index (κ2) is 5.27. The van der Waals surface area contributed by atoms with E-state index in [4.69, 9.17) is 10.3 Å². The van der Waals surface area contributed by atoms with Crippen LogP contribution in [0, 0.1) is 12.8 Å². The molecular formula is C11H18N4O2. The number of rotatable bonds is 3. The maximum Gasteiger partial charge on any atom is 0.246 e. The van der Waals surface area contributed by atoms with Gasteiger partial charge in [0, 0.05) is 6.04 Å². The zero-order valence-corrected chi connectivity index (χ0v) is 9.98. The van der Waals surface area contributed by atoms with E-state index in [1.54, 1.807) is 6.92 Å². The van der Waals surface area contributed by atoms with E-state index in [9.17, 15) is 4.79 Å². The summed E-state index contributed by atoms with van der Waals surface area (Å²) in [7, 11) is 0. The molecule has 1 aliphatic carbocycles. The molecule has 0 aromatic carbocycles. The lowest BCUT2D eigenvalue weighted by Crippen LogP contribution is -2.43. The van der Waals surface area contributed by atoms with Crippen LogP contribution in [-0.2, 0) is 11.3 Å². The molecule has 6 nitrogen and oxygen atoms in total. The summed E-state index contributed by atoms with van der Waals surface area (Å²) >= 11 is 0. The molecule has 17 heavy (non-hydrogen) atoms. The molecule has 2 unspecified atom stereocenters. The predicted octanol–water partition coefficient (Wildman–Crippen LogP) is 0.512. The molecule has 1 aliphatic rings. The van der Waals surface area contributed by atoms with Gasteiger partial charge in [0.2, 0.25) is 11.8 Å². The normalized spacial score (nSPS) is 24.6. The minimum Gasteiger partial charge on any atom is -0.347 e. The van der Waals surface area contributed by atoms with Crippen LogP contribution >= 0.6 is 0 Å². The van der Waals surface area contributed by atoms with E-state index >= 15 is 0 Å². The third kappa shape index (κ3) is 3.03. The predicted molar refractivity (Wildman–Crippen MR) is 60.8 cm³/mol. The first-order valence-corrected chi connectivity index (χ1v) is 5.99. The van der Waals surface area contributed by atoms with Gasteiger partial charge in [-0.2, -0.15) is 4.98 Å². The second-order valence-corrected chi connectivity index (χ2v) is 4.51. The van der Waals surface area contributed by atoms with Crippen LogP contribution in [-0.4, -0.2) is 22.1 Å². The molecule has 1 aromatic rings. The molecule has 0 aliphatic heterocycles. The van der Waals surface area contributed by atoms with E-state index in [0.717, 1.165) is 25.7 Å². The molecule has 1 aromatic heterocycles. The van der Waals surface area contributed by atoms with Gasteiger partial charge in [-0.25, -0.2) is 0 Å². The van der Waals surface area contributed by atoms with Crippen molar-refractivity contribution in [1.29, 1.82) is 0 Å². The zero-order chi connectivity index (χ0) is 12.3. The first kappa shape index (κ1) is 12.0. The number of aryl methyl sites for hydroxylation is 1. The van der Waals surface area contributed by atoms with E-state index < -0.39 is 0 Å². The highest BCUT2D eigenvalue weighted by Gasteiger charge is 2.28. The SMILES string of the molecule is Cc1noc(CNC(=O)C2CCCCC2N)n1. The van der Waals surface area contributed by atoms with Crippen molar-refractivity contribution in [2.75, 3.05) is 0 Å². The minimum absolute atomic E-state index is 0.00643.